The number of benzene rings is 2. The number of likely N-dealkylation sites (tertiary alicyclic amines) is 1. The van der Waals surface area contributed by atoms with E-state index in [9.17, 15) is 9.59 Å². The van der Waals surface area contributed by atoms with Gasteiger partial charge in [-0.05, 0) is 68.1 Å². The molecule has 0 aliphatic carbocycles. The summed E-state index contributed by atoms with van der Waals surface area (Å²) < 4.78 is 2.11. The van der Waals surface area contributed by atoms with Crippen LogP contribution in [0.3, 0.4) is 0 Å². The number of nitrogens with one attached hydrogen (secondary N) is 1. The number of urea groups is 1. The minimum Gasteiger partial charge on any atom is -0.339 e. The largest absolute Gasteiger partial charge is 0.339 e. The topological polar surface area (TPSA) is 73.7 Å². The van der Waals surface area contributed by atoms with Gasteiger partial charge in [0.1, 0.15) is 5.82 Å². The molecule has 0 unspecified atom stereocenters. The number of hydrogen-bond donors (Lipinski definition) is 1. The van der Waals surface area contributed by atoms with Gasteiger partial charge in [-0.25, -0.2) is 9.78 Å². The van der Waals surface area contributed by atoms with Crippen molar-refractivity contribution in [2.45, 2.75) is 33.2 Å². The molecular formula is C27H34N6O2. The van der Waals surface area contributed by atoms with Crippen molar-refractivity contribution >= 4 is 28.7 Å². The van der Waals surface area contributed by atoms with Crippen LogP contribution in [-0.4, -0.2) is 75.5 Å². The maximum absolute atomic E-state index is 12.8. The van der Waals surface area contributed by atoms with Gasteiger partial charge in [-0.2, -0.15) is 0 Å². The number of piperazine rings is 1. The zero-order chi connectivity index (χ0) is 24.5. The standard InChI is InChI=1S/C27H34N6O2/c1-19-14-20(2)16-22(15-19)28-27(35)33-12-10-31(11-13-33)18-25-29-23-17-21(6-7-24(23)30(25)3)26(34)32-8-4-5-9-32/h6-7,14-17H,4-5,8-13,18H2,1-3H3,(H,28,35). The Kier molecular flexibility index (Phi) is 6.47. The predicted molar refractivity (Wildman–Crippen MR) is 138 cm³/mol. The van der Waals surface area contributed by atoms with Gasteiger partial charge in [0.05, 0.1) is 17.6 Å². The first kappa shape index (κ1) is 23.4. The summed E-state index contributed by atoms with van der Waals surface area (Å²) in [6.07, 6.45) is 2.17. The van der Waals surface area contributed by atoms with Crippen molar-refractivity contribution in [2.75, 3.05) is 44.6 Å². The third-order valence-corrected chi connectivity index (χ3v) is 7.11. The summed E-state index contributed by atoms with van der Waals surface area (Å²) in [7, 11) is 2.03. The molecule has 0 spiro atoms. The summed E-state index contributed by atoms with van der Waals surface area (Å²) in [5.74, 6) is 1.07. The van der Waals surface area contributed by atoms with Crippen LogP contribution >= 0.6 is 0 Å². The van der Waals surface area contributed by atoms with Crippen LogP contribution in [0.15, 0.2) is 36.4 Å². The highest BCUT2D eigenvalue weighted by atomic mass is 16.2. The highest BCUT2D eigenvalue weighted by Gasteiger charge is 2.24. The average Bonchev–Trinajstić information content (AvgIpc) is 3.47. The van der Waals surface area contributed by atoms with Crippen molar-refractivity contribution in [3.8, 4) is 0 Å². The van der Waals surface area contributed by atoms with E-state index in [0.717, 1.165) is 72.7 Å². The van der Waals surface area contributed by atoms with Crippen LogP contribution in [0.25, 0.3) is 11.0 Å². The maximum Gasteiger partial charge on any atom is 0.321 e. The van der Waals surface area contributed by atoms with E-state index in [0.29, 0.717) is 25.2 Å². The molecule has 2 fully saturated rings. The zero-order valence-electron chi connectivity index (χ0n) is 20.9. The van der Waals surface area contributed by atoms with E-state index in [1.54, 1.807) is 0 Å². The van der Waals surface area contributed by atoms with E-state index in [-0.39, 0.29) is 11.9 Å². The van der Waals surface area contributed by atoms with Gasteiger partial charge < -0.3 is 19.7 Å². The van der Waals surface area contributed by atoms with Crippen molar-refractivity contribution in [1.82, 2.24) is 24.3 Å². The van der Waals surface area contributed by atoms with Crippen LogP contribution in [0.5, 0.6) is 0 Å². The van der Waals surface area contributed by atoms with Crippen molar-refractivity contribution in [3.05, 3.63) is 58.9 Å². The Morgan fingerprint density at radius 3 is 2.26 bits per heavy atom. The first-order valence-corrected chi connectivity index (χ1v) is 12.5. The van der Waals surface area contributed by atoms with E-state index >= 15 is 0 Å². The first-order valence-electron chi connectivity index (χ1n) is 12.5. The predicted octanol–water partition coefficient (Wildman–Crippen LogP) is 3.78. The summed E-state index contributed by atoms with van der Waals surface area (Å²) in [6, 6.07) is 11.9. The number of carbonyl (C=O) groups excluding carboxylic acids is 2. The number of nitrogens with zero attached hydrogens (tertiary/aromatic N) is 5. The Bertz CT molecular complexity index is 1230. The Morgan fingerprint density at radius 1 is 0.886 bits per heavy atom. The van der Waals surface area contributed by atoms with Crippen LogP contribution in [-0.2, 0) is 13.6 Å². The van der Waals surface area contributed by atoms with Crippen molar-refractivity contribution < 1.29 is 9.59 Å². The Balaban J connectivity index is 1.20. The van der Waals surface area contributed by atoms with Gasteiger partial charge in [0.2, 0.25) is 0 Å². The van der Waals surface area contributed by atoms with Crippen LogP contribution in [0.2, 0.25) is 0 Å². The fourth-order valence-corrected chi connectivity index (χ4v) is 5.19. The molecular weight excluding hydrogens is 440 g/mol. The number of rotatable bonds is 4. The molecule has 2 aliphatic rings. The number of carbonyl (C=O) groups is 2. The number of fused-ring (bicyclic) bond motifs is 1. The molecule has 0 bridgehead atoms. The number of aryl methyl sites for hydroxylation is 3. The second kappa shape index (κ2) is 9.70. The molecule has 3 aromatic rings. The summed E-state index contributed by atoms with van der Waals surface area (Å²) in [5.41, 5.74) is 5.73. The molecule has 2 saturated heterocycles. The lowest BCUT2D eigenvalue weighted by Crippen LogP contribution is -2.49. The van der Waals surface area contributed by atoms with E-state index in [1.807, 2.05) is 61.0 Å². The Morgan fingerprint density at radius 2 is 1.57 bits per heavy atom. The fourth-order valence-electron chi connectivity index (χ4n) is 5.19. The molecule has 5 rings (SSSR count). The molecule has 0 saturated carbocycles. The fraction of sp³-hybridized carbons (Fsp3) is 0.444. The molecule has 0 atom stereocenters. The molecule has 2 aliphatic heterocycles. The lowest BCUT2D eigenvalue weighted by Gasteiger charge is -2.34. The van der Waals surface area contributed by atoms with Crippen LogP contribution in [0, 0.1) is 13.8 Å². The monoisotopic (exact) mass is 474 g/mol. The van der Waals surface area contributed by atoms with E-state index in [1.165, 1.54) is 0 Å². The maximum atomic E-state index is 12.8. The summed E-state index contributed by atoms with van der Waals surface area (Å²) in [5, 5.41) is 3.04. The number of imidazole rings is 1. The summed E-state index contributed by atoms with van der Waals surface area (Å²) in [4.78, 5) is 36.5. The van der Waals surface area contributed by atoms with E-state index in [2.05, 4.69) is 20.9 Å². The van der Waals surface area contributed by atoms with Gasteiger partial charge in [0, 0.05) is 57.6 Å². The molecule has 3 amide bonds. The van der Waals surface area contributed by atoms with Gasteiger partial charge in [-0.15, -0.1) is 0 Å². The minimum atomic E-state index is -0.0485. The van der Waals surface area contributed by atoms with Crippen LogP contribution < -0.4 is 5.32 Å². The third-order valence-electron chi connectivity index (χ3n) is 7.11. The quantitative estimate of drug-likeness (QED) is 0.625. The number of amides is 3. The van der Waals surface area contributed by atoms with E-state index < -0.39 is 0 Å². The minimum absolute atomic E-state index is 0.0485. The normalized spacial score (nSPS) is 16.8. The second-order valence-corrected chi connectivity index (χ2v) is 9.86. The smallest absolute Gasteiger partial charge is 0.321 e. The highest BCUT2D eigenvalue weighted by Crippen LogP contribution is 2.21. The highest BCUT2D eigenvalue weighted by molar-refractivity contribution is 5.97. The van der Waals surface area contributed by atoms with Gasteiger partial charge in [-0.1, -0.05) is 6.07 Å². The van der Waals surface area contributed by atoms with Crippen molar-refractivity contribution in [3.63, 3.8) is 0 Å². The lowest BCUT2D eigenvalue weighted by atomic mass is 10.1. The average molecular weight is 475 g/mol. The molecule has 35 heavy (non-hydrogen) atoms. The molecule has 1 N–H and O–H groups in total. The number of aromatic nitrogens is 2. The van der Waals surface area contributed by atoms with Gasteiger partial charge in [-0.3, -0.25) is 9.69 Å². The zero-order valence-corrected chi connectivity index (χ0v) is 20.9. The van der Waals surface area contributed by atoms with Gasteiger partial charge in [0.15, 0.2) is 0 Å². The molecule has 2 aromatic carbocycles. The SMILES string of the molecule is Cc1cc(C)cc(NC(=O)N2CCN(Cc3nc4cc(C(=O)N5CCCC5)ccc4n3C)CC2)c1. The molecule has 3 heterocycles. The second-order valence-electron chi connectivity index (χ2n) is 9.86. The summed E-state index contributed by atoms with van der Waals surface area (Å²) >= 11 is 0. The molecule has 184 valence electrons. The van der Waals surface area contributed by atoms with Crippen molar-refractivity contribution in [2.24, 2.45) is 7.05 Å². The van der Waals surface area contributed by atoms with Crippen LogP contribution in [0.1, 0.15) is 40.2 Å². The van der Waals surface area contributed by atoms with Crippen molar-refractivity contribution in [1.29, 1.82) is 0 Å². The molecule has 8 nitrogen and oxygen atoms in total. The molecule has 8 heteroatoms. The molecule has 0 radical (unpaired) electrons. The number of hydrogen-bond acceptors (Lipinski definition) is 4. The first-order chi connectivity index (χ1) is 16.9. The Hall–Kier alpha value is -3.39. The van der Waals surface area contributed by atoms with Gasteiger partial charge in [0.25, 0.3) is 5.91 Å². The molecule has 1 aromatic heterocycles. The Labute approximate surface area is 206 Å². The summed E-state index contributed by atoms with van der Waals surface area (Å²) in [6.45, 7) is 9.42. The van der Waals surface area contributed by atoms with E-state index in [4.69, 9.17) is 4.98 Å². The third kappa shape index (κ3) is 5.03. The van der Waals surface area contributed by atoms with Gasteiger partial charge >= 0.3 is 6.03 Å². The lowest BCUT2D eigenvalue weighted by molar-refractivity contribution is 0.0793. The van der Waals surface area contributed by atoms with Crippen LogP contribution in [0.4, 0.5) is 10.5 Å². The number of anilines is 1.